The lowest BCUT2D eigenvalue weighted by atomic mass is 10.2. The number of carbonyl (C=O) groups is 1. The van der Waals surface area contributed by atoms with Crippen molar-refractivity contribution in [1.82, 2.24) is 4.31 Å². The Labute approximate surface area is 118 Å². The Morgan fingerprint density at radius 2 is 1.90 bits per heavy atom. The van der Waals surface area contributed by atoms with E-state index in [0.29, 0.717) is 0 Å². The summed E-state index contributed by atoms with van der Waals surface area (Å²) in [5.74, 6) is -0.489. The fraction of sp³-hybridized carbons (Fsp3) is 0.357. The first-order valence-corrected chi connectivity index (χ1v) is 7.68. The minimum Gasteiger partial charge on any atom is -0.466 e. The van der Waals surface area contributed by atoms with Crippen LogP contribution in [0.2, 0.25) is 0 Å². The largest absolute Gasteiger partial charge is 0.466 e. The minimum atomic E-state index is -3.51. The molecule has 0 radical (unpaired) electrons. The van der Waals surface area contributed by atoms with E-state index in [1.807, 2.05) is 6.92 Å². The first-order chi connectivity index (χ1) is 9.37. The van der Waals surface area contributed by atoms with Crippen LogP contribution in [0.25, 0.3) is 0 Å². The third kappa shape index (κ3) is 2.76. The van der Waals surface area contributed by atoms with Crippen molar-refractivity contribution in [2.75, 3.05) is 7.11 Å². The van der Waals surface area contributed by atoms with Gasteiger partial charge in [0.05, 0.1) is 18.0 Å². The maximum absolute atomic E-state index is 12.4. The maximum Gasteiger partial charge on any atom is 0.330 e. The van der Waals surface area contributed by atoms with Gasteiger partial charge in [-0.25, -0.2) is 13.2 Å². The molecule has 1 fully saturated rings. The molecule has 1 aliphatic heterocycles. The van der Waals surface area contributed by atoms with Crippen LogP contribution in [0.3, 0.4) is 0 Å². The third-order valence-electron chi connectivity index (χ3n) is 3.33. The van der Waals surface area contributed by atoms with Gasteiger partial charge in [0, 0.05) is 12.1 Å². The number of hydrogen-bond acceptors (Lipinski definition) is 4. The summed E-state index contributed by atoms with van der Waals surface area (Å²) in [5, 5.41) is 0. The number of aryl methyl sites for hydroxylation is 1. The maximum atomic E-state index is 12.4. The summed E-state index contributed by atoms with van der Waals surface area (Å²) in [5.41, 5.74) is 1.00. The van der Waals surface area contributed by atoms with Gasteiger partial charge in [0.1, 0.15) is 0 Å². The van der Waals surface area contributed by atoms with E-state index in [2.05, 4.69) is 4.74 Å². The van der Waals surface area contributed by atoms with Crippen LogP contribution in [0.1, 0.15) is 12.5 Å². The molecule has 0 amide bonds. The van der Waals surface area contributed by atoms with Crippen LogP contribution in [0.15, 0.2) is 41.3 Å². The lowest BCUT2D eigenvalue weighted by molar-refractivity contribution is -0.134. The molecule has 1 aromatic rings. The number of rotatable bonds is 4. The number of carbonyl (C=O) groups excluding carboxylic acids is 1. The quantitative estimate of drug-likeness (QED) is 0.479. The Balaban J connectivity index is 2.18. The van der Waals surface area contributed by atoms with E-state index in [1.54, 1.807) is 37.3 Å². The second-order valence-corrected chi connectivity index (χ2v) is 6.60. The van der Waals surface area contributed by atoms with Crippen LogP contribution in [0, 0.1) is 6.92 Å². The van der Waals surface area contributed by atoms with Gasteiger partial charge in [0.2, 0.25) is 10.0 Å². The number of esters is 1. The van der Waals surface area contributed by atoms with Gasteiger partial charge < -0.3 is 4.74 Å². The fourth-order valence-electron chi connectivity index (χ4n) is 2.05. The molecular formula is C14H17NO4S. The van der Waals surface area contributed by atoms with Crippen LogP contribution in [-0.2, 0) is 19.6 Å². The smallest absolute Gasteiger partial charge is 0.330 e. The van der Waals surface area contributed by atoms with E-state index in [1.165, 1.54) is 17.5 Å². The van der Waals surface area contributed by atoms with Crippen molar-refractivity contribution >= 4 is 16.0 Å². The van der Waals surface area contributed by atoms with Crippen molar-refractivity contribution in [2.45, 2.75) is 30.8 Å². The zero-order chi connectivity index (χ0) is 14.9. The molecule has 6 heteroatoms. The van der Waals surface area contributed by atoms with E-state index in [4.69, 9.17) is 0 Å². The second kappa shape index (κ2) is 5.38. The Bertz CT molecular complexity index is 634. The second-order valence-electron chi connectivity index (χ2n) is 4.76. The highest BCUT2D eigenvalue weighted by Crippen LogP contribution is 2.36. The van der Waals surface area contributed by atoms with E-state index in [0.717, 1.165) is 5.56 Å². The number of nitrogens with zero attached hydrogens (tertiary/aromatic N) is 1. The molecule has 1 heterocycles. The fourth-order valence-corrected chi connectivity index (χ4v) is 3.85. The molecule has 0 spiro atoms. The summed E-state index contributed by atoms with van der Waals surface area (Å²) < 4.78 is 30.7. The van der Waals surface area contributed by atoms with Gasteiger partial charge in [0.15, 0.2) is 0 Å². The van der Waals surface area contributed by atoms with Crippen LogP contribution in [-0.4, -0.2) is 37.9 Å². The Morgan fingerprint density at radius 1 is 1.30 bits per heavy atom. The molecule has 0 aliphatic carbocycles. The van der Waals surface area contributed by atoms with Gasteiger partial charge >= 0.3 is 5.97 Å². The van der Waals surface area contributed by atoms with Gasteiger partial charge in [-0.15, -0.1) is 0 Å². The van der Waals surface area contributed by atoms with Crippen molar-refractivity contribution in [1.29, 1.82) is 0 Å². The van der Waals surface area contributed by atoms with E-state index in [9.17, 15) is 13.2 Å². The van der Waals surface area contributed by atoms with Crippen molar-refractivity contribution in [3.05, 3.63) is 42.0 Å². The molecule has 0 aromatic heterocycles. The summed E-state index contributed by atoms with van der Waals surface area (Å²) in [6.45, 7) is 3.70. The molecule has 5 nitrogen and oxygen atoms in total. The van der Waals surface area contributed by atoms with Gasteiger partial charge in [-0.1, -0.05) is 23.8 Å². The van der Waals surface area contributed by atoms with Gasteiger partial charge in [-0.3, -0.25) is 0 Å². The number of ether oxygens (including phenoxy) is 1. The average molecular weight is 295 g/mol. The minimum absolute atomic E-state index is 0.151. The molecule has 20 heavy (non-hydrogen) atoms. The van der Waals surface area contributed by atoms with Crippen LogP contribution < -0.4 is 0 Å². The molecule has 1 aliphatic rings. The topological polar surface area (TPSA) is 63.5 Å². The molecule has 3 atom stereocenters. The van der Waals surface area contributed by atoms with Gasteiger partial charge in [-0.2, -0.15) is 4.31 Å². The van der Waals surface area contributed by atoms with Crippen molar-refractivity contribution < 1.29 is 17.9 Å². The normalized spacial score (nSPS) is 25.6. The zero-order valence-electron chi connectivity index (χ0n) is 11.6. The molecule has 1 saturated heterocycles. The number of methoxy groups -OCH3 is 1. The molecule has 0 bridgehead atoms. The molecule has 108 valence electrons. The molecule has 1 aromatic carbocycles. The summed E-state index contributed by atoms with van der Waals surface area (Å²) in [6, 6.07) is 6.27. The zero-order valence-corrected chi connectivity index (χ0v) is 12.4. The summed E-state index contributed by atoms with van der Waals surface area (Å²) >= 11 is 0. The molecule has 0 saturated carbocycles. The van der Waals surface area contributed by atoms with Gasteiger partial charge in [-0.05, 0) is 26.0 Å². The highest BCUT2D eigenvalue weighted by molar-refractivity contribution is 7.89. The van der Waals surface area contributed by atoms with Crippen molar-refractivity contribution in [3.63, 3.8) is 0 Å². The highest BCUT2D eigenvalue weighted by atomic mass is 32.2. The number of sulfonamides is 1. The average Bonchev–Trinajstić information content (AvgIpc) is 3.07. The summed E-state index contributed by atoms with van der Waals surface area (Å²) in [6.07, 6.45) is 2.81. The number of hydrogen-bond donors (Lipinski definition) is 0. The van der Waals surface area contributed by atoms with Gasteiger partial charge in [0.25, 0.3) is 0 Å². The standard InChI is InChI=1S/C14H17NO4S/c1-10-4-6-12(7-5-10)20(17,18)15-11(2)13(15)8-9-14(16)19-3/h4-9,11,13H,1-3H3/b9-8+/t11-,13-,15?/m1/s1. The third-order valence-corrected chi connectivity index (χ3v) is 5.33. The molecular weight excluding hydrogens is 278 g/mol. The predicted octanol–water partition coefficient (Wildman–Crippen LogP) is 1.49. The van der Waals surface area contributed by atoms with E-state index >= 15 is 0 Å². The van der Waals surface area contributed by atoms with Crippen molar-refractivity contribution in [3.8, 4) is 0 Å². The Morgan fingerprint density at radius 3 is 2.45 bits per heavy atom. The van der Waals surface area contributed by atoms with E-state index < -0.39 is 16.0 Å². The molecule has 1 unspecified atom stereocenters. The van der Waals surface area contributed by atoms with E-state index in [-0.39, 0.29) is 17.0 Å². The lowest BCUT2D eigenvalue weighted by Crippen LogP contribution is -2.15. The SMILES string of the molecule is COC(=O)/C=C/[C@@H]1[C@@H](C)N1S(=O)(=O)c1ccc(C)cc1. The summed E-state index contributed by atoms with van der Waals surface area (Å²) in [4.78, 5) is 11.3. The van der Waals surface area contributed by atoms with Crippen LogP contribution >= 0.6 is 0 Å². The lowest BCUT2D eigenvalue weighted by Gasteiger charge is -2.05. The highest BCUT2D eigenvalue weighted by Gasteiger charge is 2.51. The first-order valence-electron chi connectivity index (χ1n) is 6.24. The predicted molar refractivity (Wildman–Crippen MR) is 74.6 cm³/mol. The first kappa shape index (κ1) is 14.7. The Kier molecular flexibility index (Phi) is 3.96. The van der Waals surface area contributed by atoms with Crippen LogP contribution in [0.5, 0.6) is 0 Å². The van der Waals surface area contributed by atoms with Crippen molar-refractivity contribution in [2.24, 2.45) is 0 Å². The number of benzene rings is 1. The van der Waals surface area contributed by atoms with Crippen LogP contribution in [0.4, 0.5) is 0 Å². The Hall–Kier alpha value is -1.66. The monoisotopic (exact) mass is 295 g/mol. The summed E-state index contributed by atoms with van der Waals surface area (Å²) in [7, 11) is -2.22. The molecule has 0 N–H and O–H groups in total. The molecule has 2 rings (SSSR count).